The number of hydrogen-bond donors (Lipinski definition) is 1. The minimum absolute atomic E-state index is 0.0980. The van der Waals surface area contributed by atoms with Crippen LogP contribution in [0.25, 0.3) is 0 Å². The number of aliphatic hydroxyl groups is 1. The molecule has 0 saturated carbocycles. The lowest BCUT2D eigenvalue weighted by atomic mass is 10.3. The first kappa shape index (κ1) is 14.8. The van der Waals surface area contributed by atoms with Crippen LogP contribution in [0.2, 0.25) is 0 Å². The molecule has 0 fully saturated rings. The van der Waals surface area contributed by atoms with Crippen LogP contribution in [-0.4, -0.2) is 68.3 Å². The second-order valence-electron chi connectivity index (χ2n) is 3.94. The quantitative estimate of drug-likeness (QED) is 0.654. The summed E-state index contributed by atoms with van der Waals surface area (Å²) in [6.45, 7) is 5.82. The second-order valence-corrected chi connectivity index (χ2v) is 6.03. The molecule has 0 unspecified atom stereocenters. The molecule has 5 nitrogen and oxygen atoms in total. The molecule has 15 heavy (non-hydrogen) atoms. The molecule has 0 bridgehead atoms. The Labute approximate surface area is 92.7 Å². The number of likely N-dealkylation sites (N-methyl/N-ethyl adjacent to an activating group) is 1. The van der Waals surface area contributed by atoms with E-state index in [-0.39, 0.29) is 6.61 Å². The van der Waals surface area contributed by atoms with Gasteiger partial charge >= 0.3 is 0 Å². The van der Waals surface area contributed by atoms with Gasteiger partial charge in [0.05, 0.1) is 12.9 Å². The Kier molecular flexibility index (Phi) is 6.35. The van der Waals surface area contributed by atoms with E-state index in [1.165, 1.54) is 10.6 Å². The average Bonchev–Trinajstić information content (AvgIpc) is 2.09. The smallest absolute Gasteiger partial charge is 0.210 e. The Hall–Kier alpha value is -0.170. The van der Waals surface area contributed by atoms with Gasteiger partial charge in [-0.25, -0.2) is 12.7 Å². The molecule has 0 aromatic rings. The van der Waals surface area contributed by atoms with Gasteiger partial charge in [0.2, 0.25) is 10.0 Å². The van der Waals surface area contributed by atoms with Gasteiger partial charge < -0.3 is 5.11 Å². The fourth-order valence-electron chi connectivity index (χ4n) is 1.19. The van der Waals surface area contributed by atoms with Crippen LogP contribution in [0.3, 0.4) is 0 Å². The van der Waals surface area contributed by atoms with Crippen molar-refractivity contribution in [1.29, 1.82) is 0 Å². The Bertz CT molecular complexity index is 265. The molecule has 0 aliphatic heterocycles. The third-order valence-electron chi connectivity index (χ3n) is 2.39. The van der Waals surface area contributed by atoms with Crippen molar-refractivity contribution in [2.75, 3.05) is 39.5 Å². The highest BCUT2D eigenvalue weighted by Crippen LogP contribution is 1.99. The van der Waals surface area contributed by atoms with E-state index in [4.69, 9.17) is 5.11 Å². The zero-order valence-electron chi connectivity index (χ0n) is 9.97. The van der Waals surface area contributed by atoms with Crippen LogP contribution >= 0.6 is 0 Å². The van der Waals surface area contributed by atoms with Crippen LogP contribution in [0.5, 0.6) is 0 Å². The molecule has 0 radical (unpaired) electrons. The van der Waals surface area contributed by atoms with Crippen molar-refractivity contribution in [1.82, 2.24) is 9.21 Å². The molecule has 0 heterocycles. The third kappa shape index (κ3) is 6.09. The highest BCUT2D eigenvalue weighted by molar-refractivity contribution is 7.88. The van der Waals surface area contributed by atoms with Gasteiger partial charge in [-0.05, 0) is 13.8 Å². The van der Waals surface area contributed by atoms with Crippen molar-refractivity contribution in [3.8, 4) is 0 Å². The summed E-state index contributed by atoms with van der Waals surface area (Å²) < 4.78 is 23.6. The van der Waals surface area contributed by atoms with Gasteiger partial charge in [0.25, 0.3) is 0 Å². The summed E-state index contributed by atoms with van der Waals surface area (Å²) in [6.07, 6.45) is 1.19. The van der Waals surface area contributed by atoms with E-state index in [9.17, 15) is 8.42 Å². The molecule has 0 saturated heterocycles. The molecule has 0 atom stereocenters. The van der Waals surface area contributed by atoms with Crippen molar-refractivity contribution in [3.05, 3.63) is 0 Å². The highest BCUT2D eigenvalue weighted by Gasteiger charge is 2.14. The van der Waals surface area contributed by atoms with Crippen molar-refractivity contribution < 1.29 is 13.5 Å². The first-order valence-electron chi connectivity index (χ1n) is 5.05. The molecule has 0 rings (SSSR count). The second kappa shape index (κ2) is 6.42. The molecule has 1 N–H and O–H groups in total. The number of hydrogen-bond acceptors (Lipinski definition) is 4. The summed E-state index contributed by atoms with van der Waals surface area (Å²) in [7, 11) is -1.53. The number of sulfonamides is 1. The van der Waals surface area contributed by atoms with Gasteiger partial charge in [-0.1, -0.05) is 0 Å². The predicted octanol–water partition coefficient (Wildman–Crippen LogP) is -0.419. The summed E-state index contributed by atoms with van der Waals surface area (Å²) in [6, 6.07) is 0.310. The van der Waals surface area contributed by atoms with Gasteiger partial charge in [-0.15, -0.1) is 0 Å². The Morgan fingerprint density at radius 2 is 1.73 bits per heavy atom. The van der Waals surface area contributed by atoms with Crippen molar-refractivity contribution in [2.45, 2.75) is 19.9 Å². The number of rotatable bonds is 7. The molecular weight excluding hydrogens is 216 g/mol. The van der Waals surface area contributed by atoms with Crippen LogP contribution < -0.4 is 0 Å². The third-order valence-corrected chi connectivity index (χ3v) is 3.70. The van der Waals surface area contributed by atoms with Crippen LogP contribution in [0.15, 0.2) is 0 Å². The summed E-state index contributed by atoms with van der Waals surface area (Å²) in [5.41, 5.74) is 0. The zero-order valence-corrected chi connectivity index (χ0v) is 10.8. The lowest BCUT2D eigenvalue weighted by molar-refractivity contribution is 0.161. The van der Waals surface area contributed by atoms with E-state index in [1.54, 1.807) is 7.05 Å². The highest BCUT2D eigenvalue weighted by atomic mass is 32.2. The monoisotopic (exact) mass is 238 g/mol. The van der Waals surface area contributed by atoms with Crippen LogP contribution in [-0.2, 0) is 10.0 Å². The van der Waals surface area contributed by atoms with E-state index in [1.807, 2.05) is 18.7 Å². The van der Waals surface area contributed by atoms with Gasteiger partial charge in [0, 0.05) is 32.7 Å². The first-order chi connectivity index (χ1) is 6.79. The van der Waals surface area contributed by atoms with E-state index in [2.05, 4.69) is 0 Å². The summed E-state index contributed by atoms with van der Waals surface area (Å²) >= 11 is 0. The average molecular weight is 238 g/mol. The van der Waals surface area contributed by atoms with Gasteiger partial charge in [0.1, 0.15) is 0 Å². The lowest BCUT2D eigenvalue weighted by Crippen LogP contribution is -2.40. The summed E-state index contributed by atoms with van der Waals surface area (Å²) in [5.74, 6) is 0. The molecule has 92 valence electrons. The molecular formula is C9H22N2O3S. The van der Waals surface area contributed by atoms with E-state index >= 15 is 0 Å². The number of aliphatic hydroxyl groups excluding tert-OH is 1. The van der Waals surface area contributed by atoms with Crippen molar-refractivity contribution in [2.24, 2.45) is 0 Å². The molecule has 0 aromatic heterocycles. The van der Waals surface area contributed by atoms with Crippen LogP contribution in [0.4, 0.5) is 0 Å². The van der Waals surface area contributed by atoms with Crippen LogP contribution in [0.1, 0.15) is 13.8 Å². The first-order valence-corrected chi connectivity index (χ1v) is 6.90. The van der Waals surface area contributed by atoms with Gasteiger partial charge in [-0.2, -0.15) is 0 Å². The molecule has 0 aliphatic carbocycles. The predicted molar refractivity (Wildman–Crippen MR) is 61.3 cm³/mol. The maximum atomic E-state index is 11.1. The Balaban J connectivity index is 4.11. The van der Waals surface area contributed by atoms with Crippen molar-refractivity contribution >= 4 is 10.0 Å². The minimum Gasteiger partial charge on any atom is -0.395 e. The zero-order chi connectivity index (χ0) is 12.1. The Morgan fingerprint density at radius 1 is 1.20 bits per heavy atom. The largest absolute Gasteiger partial charge is 0.395 e. The fourth-order valence-corrected chi connectivity index (χ4v) is 1.61. The molecule has 0 aromatic carbocycles. The van der Waals surface area contributed by atoms with Gasteiger partial charge in [-0.3, -0.25) is 4.90 Å². The summed E-state index contributed by atoms with van der Waals surface area (Å²) in [4.78, 5) is 2.04. The maximum Gasteiger partial charge on any atom is 0.210 e. The number of nitrogens with zero attached hydrogens (tertiary/aromatic N) is 2. The van der Waals surface area contributed by atoms with E-state index in [0.717, 1.165) is 0 Å². The maximum absolute atomic E-state index is 11.1. The minimum atomic E-state index is -3.09. The Morgan fingerprint density at radius 3 is 2.07 bits per heavy atom. The lowest BCUT2D eigenvalue weighted by Gasteiger charge is -2.27. The molecule has 0 spiro atoms. The van der Waals surface area contributed by atoms with E-state index < -0.39 is 10.0 Å². The SMILES string of the molecule is CC(C)N(CCO)CCN(C)S(C)(=O)=O. The van der Waals surface area contributed by atoms with E-state index in [0.29, 0.717) is 25.7 Å². The molecule has 0 amide bonds. The fraction of sp³-hybridized carbons (Fsp3) is 1.00. The molecule has 0 aliphatic rings. The summed E-state index contributed by atoms with van der Waals surface area (Å²) in [5, 5.41) is 8.84. The van der Waals surface area contributed by atoms with Gasteiger partial charge in [0.15, 0.2) is 0 Å². The van der Waals surface area contributed by atoms with Crippen LogP contribution in [0, 0.1) is 0 Å². The normalized spacial score (nSPS) is 13.1. The standard InChI is InChI=1S/C9H22N2O3S/c1-9(2)11(7-8-12)6-5-10(3)15(4,13)14/h9,12H,5-8H2,1-4H3. The molecule has 6 heteroatoms. The topological polar surface area (TPSA) is 60.9 Å². The van der Waals surface area contributed by atoms with Crippen molar-refractivity contribution in [3.63, 3.8) is 0 Å².